The molecule has 2 fully saturated rings. The van der Waals surface area contributed by atoms with Gasteiger partial charge in [0, 0.05) is 12.6 Å². The third-order valence-electron chi connectivity index (χ3n) is 6.15. The van der Waals surface area contributed by atoms with Crippen LogP contribution in [-0.4, -0.2) is 99.2 Å². The Kier molecular flexibility index (Phi) is 5.55. The Morgan fingerprint density at radius 3 is 1.83 bits per heavy atom. The van der Waals surface area contributed by atoms with Gasteiger partial charge in [-0.25, -0.2) is 0 Å². The summed E-state index contributed by atoms with van der Waals surface area (Å²) in [4.78, 5) is 55.0. The van der Waals surface area contributed by atoms with Crippen molar-refractivity contribution in [3.05, 3.63) is 12.3 Å². The standard InChI is InChI=1S/C20H22N8O7/c1-32-17-21-15(22-18(25-17)33-2)27-6-5-8-11-9(29)7-10(30)12(13(27)14(8)31)28(11)16-23-19(34-3)26-20(24-16)35-4/h5-6,8-9,11-13,29H,7H2,1-4H3. The van der Waals surface area contributed by atoms with Crippen LogP contribution in [-0.2, 0) is 9.59 Å². The predicted octanol–water partition coefficient (Wildman–Crippen LogP) is -1.43. The summed E-state index contributed by atoms with van der Waals surface area (Å²) in [7, 11) is 5.51. The van der Waals surface area contributed by atoms with Crippen molar-refractivity contribution in [2.45, 2.75) is 30.7 Å². The smallest absolute Gasteiger partial charge is 0.324 e. The van der Waals surface area contributed by atoms with Crippen molar-refractivity contribution < 1.29 is 33.6 Å². The summed E-state index contributed by atoms with van der Waals surface area (Å²) in [5.74, 6) is -1.34. The molecule has 184 valence electrons. The van der Waals surface area contributed by atoms with E-state index >= 15 is 0 Å². The van der Waals surface area contributed by atoms with E-state index in [0.29, 0.717) is 0 Å². The molecule has 0 radical (unpaired) electrons. The Morgan fingerprint density at radius 1 is 0.800 bits per heavy atom. The summed E-state index contributed by atoms with van der Waals surface area (Å²) >= 11 is 0. The zero-order valence-electron chi connectivity index (χ0n) is 19.2. The lowest BCUT2D eigenvalue weighted by Crippen LogP contribution is -2.75. The number of aliphatic hydroxyl groups excluding tert-OH is 1. The second kappa shape index (κ2) is 8.57. The average molecular weight is 486 g/mol. The number of carbonyl (C=O) groups is 2. The number of nitrogens with zero attached hydrogens (tertiary/aromatic N) is 8. The van der Waals surface area contributed by atoms with Crippen LogP contribution in [0.25, 0.3) is 0 Å². The van der Waals surface area contributed by atoms with Crippen LogP contribution in [0.1, 0.15) is 6.42 Å². The maximum Gasteiger partial charge on any atom is 0.324 e. The first kappa shape index (κ1) is 22.6. The fourth-order valence-corrected chi connectivity index (χ4v) is 4.71. The number of piperidine rings is 2. The molecular formula is C20H22N8O7. The predicted molar refractivity (Wildman–Crippen MR) is 115 cm³/mol. The number of ketones is 2. The van der Waals surface area contributed by atoms with Gasteiger partial charge in [-0.15, -0.1) is 9.97 Å². The lowest BCUT2D eigenvalue weighted by atomic mass is 9.70. The van der Waals surface area contributed by atoms with Gasteiger partial charge >= 0.3 is 24.0 Å². The van der Waals surface area contributed by atoms with E-state index in [9.17, 15) is 14.7 Å². The van der Waals surface area contributed by atoms with Gasteiger partial charge in [0.25, 0.3) is 0 Å². The molecule has 2 aromatic rings. The number of hydrogen-bond acceptors (Lipinski definition) is 15. The lowest BCUT2D eigenvalue weighted by molar-refractivity contribution is -0.138. The van der Waals surface area contributed by atoms with Gasteiger partial charge < -0.3 is 33.9 Å². The van der Waals surface area contributed by atoms with E-state index in [-0.39, 0.29) is 53.9 Å². The third-order valence-corrected chi connectivity index (χ3v) is 6.15. The van der Waals surface area contributed by atoms with Crippen molar-refractivity contribution in [3.63, 3.8) is 0 Å². The van der Waals surface area contributed by atoms with E-state index in [1.807, 2.05) is 0 Å². The maximum absolute atomic E-state index is 13.6. The van der Waals surface area contributed by atoms with Crippen LogP contribution in [0, 0.1) is 5.92 Å². The molecule has 0 aliphatic carbocycles. The third kappa shape index (κ3) is 3.54. The molecule has 4 bridgehead atoms. The van der Waals surface area contributed by atoms with Crippen LogP contribution in [0.15, 0.2) is 12.3 Å². The SMILES string of the molecule is COc1nc(OC)nc(N2C=CC3C(=O)C2C2C(=O)CC(O)C3N2c2nc(OC)nc(OC)n2)n1. The summed E-state index contributed by atoms with van der Waals surface area (Å²) < 4.78 is 20.6. The highest BCUT2D eigenvalue weighted by atomic mass is 16.5. The topological polar surface area (TPSA) is 175 Å². The number of anilines is 2. The minimum absolute atomic E-state index is 0.0272. The maximum atomic E-state index is 13.6. The number of rotatable bonds is 6. The molecule has 2 aromatic heterocycles. The molecule has 15 heteroatoms. The molecule has 0 amide bonds. The minimum atomic E-state index is -1.13. The number of Topliss-reactive ketones (excluding diaryl/α,β-unsaturated/α-hetero) is 2. The number of ether oxygens (including phenoxy) is 4. The zero-order valence-corrected chi connectivity index (χ0v) is 19.2. The summed E-state index contributed by atoms with van der Waals surface area (Å²) in [5, 5.41) is 10.9. The molecule has 5 rings (SSSR count). The first-order chi connectivity index (χ1) is 16.9. The van der Waals surface area contributed by atoms with Gasteiger partial charge in [-0.1, -0.05) is 6.08 Å². The van der Waals surface area contributed by atoms with Crippen molar-refractivity contribution >= 4 is 23.5 Å². The molecule has 15 nitrogen and oxygen atoms in total. The summed E-state index contributed by atoms with van der Waals surface area (Å²) in [6.07, 6.45) is 1.97. The van der Waals surface area contributed by atoms with Gasteiger partial charge in [0.05, 0.1) is 46.5 Å². The van der Waals surface area contributed by atoms with Gasteiger partial charge in [0.2, 0.25) is 11.9 Å². The Hall–Kier alpha value is -4.14. The second-order valence-corrected chi connectivity index (χ2v) is 7.92. The van der Waals surface area contributed by atoms with Gasteiger partial charge in [0.15, 0.2) is 11.6 Å². The van der Waals surface area contributed by atoms with Crippen LogP contribution in [0.2, 0.25) is 0 Å². The molecule has 3 aliphatic rings. The average Bonchev–Trinajstić information content (AvgIpc) is 2.87. The van der Waals surface area contributed by atoms with Crippen molar-refractivity contribution in [3.8, 4) is 24.0 Å². The summed E-state index contributed by atoms with van der Waals surface area (Å²) in [6.45, 7) is 0. The molecule has 0 aromatic carbocycles. The van der Waals surface area contributed by atoms with E-state index in [0.717, 1.165) is 0 Å². The van der Waals surface area contributed by atoms with Crippen molar-refractivity contribution in [1.29, 1.82) is 0 Å². The molecule has 3 aliphatic heterocycles. The molecule has 5 heterocycles. The Labute approximate surface area is 198 Å². The highest BCUT2D eigenvalue weighted by Crippen LogP contribution is 2.42. The van der Waals surface area contributed by atoms with Crippen molar-refractivity contribution in [2.75, 3.05) is 38.2 Å². The first-order valence-corrected chi connectivity index (χ1v) is 10.6. The van der Waals surface area contributed by atoms with Crippen molar-refractivity contribution in [1.82, 2.24) is 29.9 Å². The van der Waals surface area contributed by atoms with E-state index < -0.39 is 30.1 Å². The van der Waals surface area contributed by atoms with Crippen LogP contribution in [0.4, 0.5) is 11.9 Å². The Bertz CT molecular complexity index is 1170. The molecule has 0 spiro atoms. The molecule has 1 N–H and O–H groups in total. The fraction of sp³-hybridized carbons (Fsp3) is 0.500. The number of carbonyl (C=O) groups excluding carboxylic acids is 2. The zero-order chi connectivity index (χ0) is 24.9. The van der Waals surface area contributed by atoms with E-state index in [1.165, 1.54) is 38.2 Å². The van der Waals surface area contributed by atoms with Gasteiger partial charge in [0.1, 0.15) is 12.1 Å². The molecule has 2 saturated heterocycles. The molecule has 5 unspecified atom stereocenters. The summed E-state index contributed by atoms with van der Waals surface area (Å²) in [5.41, 5.74) is 0. The normalized spacial score (nSPS) is 27.1. The van der Waals surface area contributed by atoms with Gasteiger partial charge in [-0.3, -0.25) is 9.59 Å². The molecule has 5 atom stereocenters. The van der Waals surface area contributed by atoms with E-state index in [1.54, 1.807) is 12.3 Å². The Morgan fingerprint density at radius 2 is 1.31 bits per heavy atom. The summed E-state index contributed by atoms with van der Waals surface area (Å²) in [6, 6.07) is -3.06. The lowest BCUT2D eigenvalue weighted by Gasteiger charge is -2.55. The fourth-order valence-electron chi connectivity index (χ4n) is 4.71. The first-order valence-electron chi connectivity index (χ1n) is 10.6. The van der Waals surface area contributed by atoms with Crippen molar-refractivity contribution in [2.24, 2.45) is 5.92 Å². The number of fused-ring (bicyclic) bond motifs is 6. The number of aliphatic hydroxyl groups is 1. The molecule has 35 heavy (non-hydrogen) atoms. The van der Waals surface area contributed by atoms with Gasteiger partial charge in [-0.2, -0.15) is 19.9 Å². The van der Waals surface area contributed by atoms with Crippen LogP contribution in [0.3, 0.4) is 0 Å². The van der Waals surface area contributed by atoms with Gasteiger partial charge in [-0.05, 0) is 0 Å². The van der Waals surface area contributed by atoms with Crippen LogP contribution >= 0.6 is 0 Å². The highest BCUT2D eigenvalue weighted by Gasteiger charge is 2.60. The monoisotopic (exact) mass is 486 g/mol. The minimum Gasteiger partial charge on any atom is -0.467 e. The van der Waals surface area contributed by atoms with E-state index in [2.05, 4.69) is 29.9 Å². The largest absolute Gasteiger partial charge is 0.467 e. The van der Waals surface area contributed by atoms with E-state index in [4.69, 9.17) is 18.9 Å². The number of hydrogen-bond donors (Lipinski definition) is 1. The highest BCUT2D eigenvalue weighted by molar-refractivity contribution is 6.05. The molecular weight excluding hydrogens is 464 g/mol. The van der Waals surface area contributed by atoms with Crippen LogP contribution < -0.4 is 28.7 Å². The number of methoxy groups -OCH3 is 4. The quantitative estimate of drug-likeness (QED) is 0.502. The Balaban J connectivity index is 1.67. The number of aromatic nitrogens is 6. The molecule has 0 saturated carbocycles. The van der Waals surface area contributed by atoms with Crippen LogP contribution in [0.5, 0.6) is 24.0 Å². The second-order valence-electron chi connectivity index (χ2n) is 7.92.